The Morgan fingerprint density at radius 1 is 0.947 bits per heavy atom. The summed E-state index contributed by atoms with van der Waals surface area (Å²) in [7, 11) is 0. The van der Waals surface area contributed by atoms with E-state index in [-0.39, 0.29) is 0 Å². The van der Waals surface area contributed by atoms with Gasteiger partial charge in [0.15, 0.2) is 0 Å². The van der Waals surface area contributed by atoms with Gasteiger partial charge >= 0.3 is 0 Å². The van der Waals surface area contributed by atoms with Crippen LogP contribution in [0.4, 0.5) is 0 Å². The fraction of sp³-hybridized carbons (Fsp3) is 0.0667. The van der Waals surface area contributed by atoms with E-state index in [0.29, 0.717) is 18.1 Å². The molecule has 0 aliphatic heterocycles. The van der Waals surface area contributed by atoms with Gasteiger partial charge in [0.2, 0.25) is 5.88 Å². The Labute approximate surface area is 110 Å². The third-order valence-electron chi connectivity index (χ3n) is 2.89. The molecular formula is C15H13N3O. The number of rotatable bonds is 3. The van der Waals surface area contributed by atoms with Crippen LogP contribution in [0.25, 0.3) is 10.8 Å². The maximum atomic E-state index is 5.86. The number of hydrogen-bond donors (Lipinski definition) is 1. The lowest BCUT2D eigenvalue weighted by molar-refractivity contribution is 0.457. The van der Waals surface area contributed by atoms with Crippen LogP contribution in [0.15, 0.2) is 54.9 Å². The second-order valence-electron chi connectivity index (χ2n) is 4.09. The monoisotopic (exact) mass is 251 g/mol. The number of nitrogens with two attached hydrogens (primary N) is 1. The van der Waals surface area contributed by atoms with E-state index in [9.17, 15) is 0 Å². The maximum absolute atomic E-state index is 5.86. The van der Waals surface area contributed by atoms with Crippen molar-refractivity contribution in [2.75, 3.05) is 0 Å². The smallest absolute Gasteiger partial charge is 0.242 e. The molecule has 3 rings (SSSR count). The minimum absolute atomic E-state index is 0.300. The minimum atomic E-state index is 0.300. The van der Waals surface area contributed by atoms with Gasteiger partial charge in [-0.1, -0.05) is 36.4 Å². The second kappa shape index (κ2) is 5.04. The van der Waals surface area contributed by atoms with E-state index in [1.807, 2.05) is 42.5 Å². The molecule has 3 aromatic rings. The number of aromatic nitrogens is 2. The zero-order valence-corrected chi connectivity index (χ0v) is 10.3. The van der Waals surface area contributed by atoms with Crippen LogP contribution in [-0.2, 0) is 6.54 Å². The van der Waals surface area contributed by atoms with Crippen molar-refractivity contribution in [3.8, 4) is 11.6 Å². The molecule has 94 valence electrons. The lowest BCUT2D eigenvalue weighted by atomic mass is 10.1. The van der Waals surface area contributed by atoms with E-state index in [1.54, 1.807) is 12.4 Å². The van der Waals surface area contributed by atoms with Crippen LogP contribution in [0.5, 0.6) is 11.6 Å². The van der Waals surface area contributed by atoms with Gasteiger partial charge in [0.05, 0.1) is 0 Å². The van der Waals surface area contributed by atoms with E-state index in [2.05, 4.69) is 9.97 Å². The van der Waals surface area contributed by atoms with E-state index in [4.69, 9.17) is 10.5 Å². The van der Waals surface area contributed by atoms with Crippen molar-refractivity contribution in [2.24, 2.45) is 5.73 Å². The first-order chi connectivity index (χ1) is 9.38. The highest BCUT2D eigenvalue weighted by atomic mass is 16.5. The molecule has 0 amide bonds. The van der Waals surface area contributed by atoms with Crippen molar-refractivity contribution < 1.29 is 4.74 Å². The second-order valence-corrected chi connectivity index (χ2v) is 4.09. The summed E-state index contributed by atoms with van der Waals surface area (Å²) in [6.07, 6.45) is 3.21. The molecule has 0 saturated carbocycles. The van der Waals surface area contributed by atoms with Gasteiger partial charge in [-0.25, -0.2) is 4.98 Å². The summed E-state index contributed by atoms with van der Waals surface area (Å²) in [6.45, 7) is 0.300. The first kappa shape index (κ1) is 11.6. The first-order valence-electron chi connectivity index (χ1n) is 6.04. The van der Waals surface area contributed by atoms with Crippen LogP contribution < -0.4 is 10.5 Å². The summed E-state index contributed by atoms with van der Waals surface area (Å²) in [5.41, 5.74) is 6.28. The Hall–Kier alpha value is -2.46. The van der Waals surface area contributed by atoms with Crippen LogP contribution in [0.3, 0.4) is 0 Å². The van der Waals surface area contributed by atoms with Gasteiger partial charge in [-0.2, -0.15) is 0 Å². The fourth-order valence-corrected chi connectivity index (χ4v) is 1.97. The van der Waals surface area contributed by atoms with Crippen LogP contribution in [0.2, 0.25) is 0 Å². The van der Waals surface area contributed by atoms with Gasteiger partial charge in [-0.15, -0.1) is 0 Å². The first-order valence-corrected chi connectivity index (χ1v) is 6.04. The highest BCUT2D eigenvalue weighted by Gasteiger charge is 2.08. The van der Waals surface area contributed by atoms with E-state index in [1.165, 1.54) is 0 Å². The standard InChI is InChI=1S/C15H13N3O/c16-10-13-15(18-9-8-17-13)19-14-7-3-5-11-4-1-2-6-12(11)14/h1-9H,10,16H2. The van der Waals surface area contributed by atoms with Crippen LogP contribution in [-0.4, -0.2) is 9.97 Å². The largest absolute Gasteiger partial charge is 0.437 e. The van der Waals surface area contributed by atoms with Gasteiger partial charge < -0.3 is 10.5 Å². The van der Waals surface area contributed by atoms with Crippen molar-refractivity contribution in [3.05, 3.63) is 60.6 Å². The molecule has 2 N–H and O–H groups in total. The van der Waals surface area contributed by atoms with E-state index >= 15 is 0 Å². The van der Waals surface area contributed by atoms with Crippen molar-refractivity contribution >= 4 is 10.8 Å². The molecule has 0 fully saturated rings. The number of ether oxygens (including phenoxy) is 1. The van der Waals surface area contributed by atoms with E-state index < -0.39 is 0 Å². The molecule has 2 aromatic carbocycles. The molecule has 4 nitrogen and oxygen atoms in total. The quantitative estimate of drug-likeness (QED) is 0.777. The van der Waals surface area contributed by atoms with Crippen molar-refractivity contribution in [1.29, 1.82) is 0 Å². The normalized spacial score (nSPS) is 10.6. The summed E-state index contributed by atoms with van der Waals surface area (Å²) in [5.74, 6) is 1.22. The molecule has 0 radical (unpaired) electrons. The zero-order valence-electron chi connectivity index (χ0n) is 10.3. The Kier molecular flexibility index (Phi) is 3.08. The number of fused-ring (bicyclic) bond motifs is 1. The highest BCUT2D eigenvalue weighted by Crippen LogP contribution is 2.29. The summed E-state index contributed by atoms with van der Waals surface area (Å²) < 4.78 is 5.86. The molecule has 0 spiro atoms. The molecular weight excluding hydrogens is 238 g/mol. The van der Waals surface area contributed by atoms with Crippen molar-refractivity contribution in [1.82, 2.24) is 9.97 Å². The van der Waals surface area contributed by atoms with Gasteiger partial charge in [0.25, 0.3) is 0 Å². The Morgan fingerprint density at radius 3 is 2.63 bits per heavy atom. The van der Waals surface area contributed by atoms with E-state index in [0.717, 1.165) is 16.5 Å². The topological polar surface area (TPSA) is 61.0 Å². The predicted octanol–water partition coefficient (Wildman–Crippen LogP) is 2.88. The number of hydrogen-bond acceptors (Lipinski definition) is 4. The SMILES string of the molecule is NCc1nccnc1Oc1cccc2ccccc12. The Bertz CT molecular complexity index is 707. The fourth-order valence-electron chi connectivity index (χ4n) is 1.97. The third-order valence-corrected chi connectivity index (χ3v) is 2.89. The molecule has 0 unspecified atom stereocenters. The Balaban J connectivity index is 2.06. The molecule has 0 bridgehead atoms. The average Bonchev–Trinajstić information content (AvgIpc) is 2.48. The van der Waals surface area contributed by atoms with Gasteiger partial charge in [-0.3, -0.25) is 4.98 Å². The minimum Gasteiger partial charge on any atom is -0.437 e. The molecule has 0 atom stereocenters. The lowest BCUT2D eigenvalue weighted by Crippen LogP contribution is -2.03. The molecule has 1 heterocycles. The summed E-state index contributed by atoms with van der Waals surface area (Å²) in [5, 5.41) is 2.16. The number of benzene rings is 2. The Morgan fingerprint density at radius 2 is 1.74 bits per heavy atom. The summed E-state index contributed by atoms with van der Waals surface area (Å²) in [4.78, 5) is 8.35. The molecule has 0 aliphatic rings. The van der Waals surface area contributed by atoms with Crippen molar-refractivity contribution in [2.45, 2.75) is 6.54 Å². The van der Waals surface area contributed by atoms with Crippen LogP contribution in [0, 0.1) is 0 Å². The summed E-state index contributed by atoms with van der Waals surface area (Å²) in [6, 6.07) is 14.0. The summed E-state index contributed by atoms with van der Waals surface area (Å²) >= 11 is 0. The van der Waals surface area contributed by atoms with Gasteiger partial charge in [0, 0.05) is 24.3 Å². The van der Waals surface area contributed by atoms with Crippen molar-refractivity contribution in [3.63, 3.8) is 0 Å². The van der Waals surface area contributed by atoms with Gasteiger partial charge in [-0.05, 0) is 11.5 Å². The van der Waals surface area contributed by atoms with Crippen LogP contribution >= 0.6 is 0 Å². The average molecular weight is 251 g/mol. The molecule has 4 heteroatoms. The highest BCUT2D eigenvalue weighted by molar-refractivity contribution is 5.88. The predicted molar refractivity (Wildman–Crippen MR) is 73.9 cm³/mol. The van der Waals surface area contributed by atoms with Gasteiger partial charge in [0.1, 0.15) is 11.4 Å². The maximum Gasteiger partial charge on any atom is 0.242 e. The van der Waals surface area contributed by atoms with Crippen LogP contribution in [0.1, 0.15) is 5.69 Å². The molecule has 0 saturated heterocycles. The zero-order chi connectivity index (χ0) is 13.1. The molecule has 19 heavy (non-hydrogen) atoms. The molecule has 0 aliphatic carbocycles. The molecule has 1 aromatic heterocycles. The third kappa shape index (κ3) is 2.26. The lowest BCUT2D eigenvalue weighted by Gasteiger charge is -2.09. The number of nitrogens with zero attached hydrogens (tertiary/aromatic N) is 2.